The quantitative estimate of drug-likeness (QED) is 0.870. The van der Waals surface area contributed by atoms with Gasteiger partial charge >= 0.3 is 0 Å². The molecule has 5 heteroatoms. The normalized spacial score (nSPS) is 10.8. The van der Waals surface area contributed by atoms with Crippen LogP contribution < -0.4 is 10.1 Å². The molecule has 106 valence electrons. The van der Waals surface area contributed by atoms with Crippen LogP contribution >= 0.6 is 23.2 Å². The first-order valence-electron chi connectivity index (χ1n) is 6.36. The minimum absolute atomic E-state index is 0.426. The Kier molecular flexibility index (Phi) is 5.24. The van der Waals surface area contributed by atoms with E-state index in [1.54, 1.807) is 24.4 Å². The van der Waals surface area contributed by atoms with E-state index in [9.17, 15) is 0 Å². The van der Waals surface area contributed by atoms with Crippen LogP contribution in [0.2, 0.25) is 10.0 Å². The van der Waals surface area contributed by atoms with E-state index in [1.807, 2.05) is 12.1 Å². The van der Waals surface area contributed by atoms with Crippen molar-refractivity contribution in [3.63, 3.8) is 0 Å². The van der Waals surface area contributed by atoms with Crippen LogP contribution in [0.3, 0.4) is 0 Å². The number of benzene rings is 1. The fourth-order valence-electron chi connectivity index (χ4n) is 1.61. The van der Waals surface area contributed by atoms with Crippen molar-refractivity contribution < 1.29 is 4.74 Å². The van der Waals surface area contributed by atoms with Gasteiger partial charge in [0.15, 0.2) is 0 Å². The Balaban J connectivity index is 2.13. The molecule has 1 heterocycles. The van der Waals surface area contributed by atoms with E-state index in [4.69, 9.17) is 27.9 Å². The molecular weight excluding hydrogens is 295 g/mol. The Morgan fingerprint density at radius 3 is 2.75 bits per heavy atom. The van der Waals surface area contributed by atoms with E-state index >= 15 is 0 Å². The number of hydrogen-bond donors (Lipinski definition) is 1. The van der Waals surface area contributed by atoms with Crippen molar-refractivity contribution in [2.75, 3.05) is 0 Å². The average molecular weight is 311 g/mol. The maximum absolute atomic E-state index is 6.06. The Labute approximate surface area is 128 Å². The van der Waals surface area contributed by atoms with Crippen molar-refractivity contribution in [3.05, 3.63) is 52.1 Å². The van der Waals surface area contributed by atoms with Gasteiger partial charge in [-0.3, -0.25) is 0 Å². The lowest BCUT2D eigenvalue weighted by atomic mass is 10.2. The molecule has 0 unspecified atom stereocenters. The Hall–Kier alpha value is -1.29. The van der Waals surface area contributed by atoms with Crippen LogP contribution in [-0.2, 0) is 6.54 Å². The number of nitrogens with zero attached hydrogens (tertiary/aromatic N) is 1. The van der Waals surface area contributed by atoms with Gasteiger partial charge in [-0.1, -0.05) is 37.0 Å². The zero-order chi connectivity index (χ0) is 14.5. The van der Waals surface area contributed by atoms with Gasteiger partial charge in [0.25, 0.3) is 0 Å². The molecule has 0 saturated carbocycles. The summed E-state index contributed by atoms with van der Waals surface area (Å²) in [6.07, 6.45) is 1.71. The smallest absolute Gasteiger partial charge is 0.219 e. The number of ether oxygens (including phenoxy) is 1. The first-order chi connectivity index (χ1) is 9.54. The number of hydrogen-bond acceptors (Lipinski definition) is 3. The van der Waals surface area contributed by atoms with Crippen molar-refractivity contribution in [2.45, 2.75) is 26.4 Å². The van der Waals surface area contributed by atoms with Crippen LogP contribution in [0.25, 0.3) is 0 Å². The third-order valence-corrected chi connectivity index (χ3v) is 3.17. The van der Waals surface area contributed by atoms with Gasteiger partial charge in [-0.05, 0) is 23.8 Å². The van der Waals surface area contributed by atoms with E-state index in [2.05, 4.69) is 24.1 Å². The van der Waals surface area contributed by atoms with Crippen molar-refractivity contribution in [1.29, 1.82) is 0 Å². The van der Waals surface area contributed by atoms with Gasteiger partial charge in [-0.25, -0.2) is 4.98 Å². The van der Waals surface area contributed by atoms with E-state index in [0.717, 1.165) is 12.1 Å². The number of aromatic nitrogens is 1. The summed E-state index contributed by atoms with van der Waals surface area (Å²) in [4.78, 5) is 4.18. The molecule has 0 aliphatic rings. The number of halogens is 2. The predicted molar refractivity (Wildman–Crippen MR) is 82.7 cm³/mol. The zero-order valence-electron chi connectivity index (χ0n) is 11.4. The lowest BCUT2D eigenvalue weighted by Crippen LogP contribution is -2.21. The number of pyridine rings is 1. The summed E-state index contributed by atoms with van der Waals surface area (Å²) in [6.45, 7) is 4.97. The predicted octanol–water partition coefficient (Wildman–Crippen LogP) is 4.68. The van der Waals surface area contributed by atoms with Crippen molar-refractivity contribution in [3.8, 4) is 11.6 Å². The molecule has 20 heavy (non-hydrogen) atoms. The molecule has 2 aromatic rings. The second-order valence-corrected chi connectivity index (χ2v) is 5.56. The van der Waals surface area contributed by atoms with E-state index < -0.39 is 0 Å². The summed E-state index contributed by atoms with van der Waals surface area (Å²) in [5, 5.41) is 4.42. The fourth-order valence-corrected chi connectivity index (χ4v) is 1.92. The Morgan fingerprint density at radius 1 is 1.20 bits per heavy atom. The first-order valence-corrected chi connectivity index (χ1v) is 7.11. The van der Waals surface area contributed by atoms with Gasteiger partial charge in [-0.15, -0.1) is 0 Å². The minimum Gasteiger partial charge on any atom is -0.437 e. The fraction of sp³-hybridized carbons (Fsp3) is 0.267. The maximum Gasteiger partial charge on any atom is 0.219 e. The second-order valence-electron chi connectivity index (χ2n) is 4.71. The molecule has 3 nitrogen and oxygen atoms in total. The second kappa shape index (κ2) is 6.93. The summed E-state index contributed by atoms with van der Waals surface area (Å²) in [5.74, 6) is 0.998. The lowest BCUT2D eigenvalue weighted by molar-refractivity contribution is 0.461. The Bertz CT molecular complexity index is 588. The van der Waals surface area contributed by atoms with Crippen LogP contribution in [-0.4, -0.2) is 11.0 Å². The van der Waals surface area contributed by atoms with E-state index in [-0.39, 0.29) is 0 Å². The van der Waals surface area contributed by atoms with Gasteiger partial charge in [0.1, 0.15) is 5.75 Å². The number of rotatable bonds is 5. The summed E-state index contributed by atoms with van der Waals surface area (Å²) in [5.41, 5.74) is 1.10. The highest BCUT2D eigenvalue weighted by molar-refractivity contribution is 6.34. The van der Waals surface area contributed by atoms with Gasteiger partial charge < -0.3 is 10.1 Å². The zero-order valence-corrected chi connectivity index (χ0v) is 12.9. The molecule has 0 bridgehead atoms. The Morgan fingerprint density at radius 2 is 2.00 bits per heavy atom. The lowest BCUT2D eigenvalue weighted by Gasteiger charge is -2.10. The van der Waals surface area contributed by atoms with Crippen molar-refractivity contribution in [1.82, 2.24) is 10.3 Å². The van der Waals surface area contributed by atoms with Crippen LogP contribution in [0.4, 0.5) is 0 Å². The van der Waals surface area contributed by atoms with Crippen molar-refractivity contribution in [2.24, 2.45) is 0 Å². The van der Waals surface area contributed by atoms with Gasteiger partial charge in [-0.2, -0.15) is 0 Å². The molecule has 0 saturated heterocycles. The molecular formula is C15H16Cl2N2O. The molecule has 0 aliphatic heterocycles. The topological polar surface area (TPSA) is 34.2 Å². The highest BCUT2D eigenvalue weighted by Crippen LogP contribution is 2.31. The van der Waals surface area contributed by atoms with Gasteiger partial charge in [0, 0.05) is 35.9 Å². The molecule has 1 aromatic carbocycles. The molecule has 0 radical (unpaired) electrons. The SMILES string of the molecule is CC(C)NCc1ccnc(Oc2cc(Cl)ccc2Cl)c1. The molecule has 0 atom stereocenters. The highest BCUT2D eigenvalue weighted by atomic mass is 35.5. The third-order valence-electron chi connectivity index (χ3n) is 2.62. The van der Waals surface area contributed by atoms with E-state index in [1.165, 1.54) is 0 Å². The summed E-state index contributed by atoms with van der Waals surface area (Å²) in [6, 6.07) is 9.34. The molecule has 1 N–H and O–H groups in total. The van der Waals surface area contributed by atoms with Crippen LogP contribution in [0, 0.1) is 0 Å². The van der Waals surface area contributed by atoms with E-state index in [0.29, 0.717) is 27.7 Å². The van der Waals surface area contributed by atoms with Gasteiger partial charge in [0.05, 0.1) is 5.02 Å². The third kappa shape index (κ3) is 4.37. The molecule has 1 aromatic heterocycles. The minimum atomic E-state index is 0.426. The molecule has 0 amide bonds. The first kappa shape index (κ1) is 15.1. The van der Waals surface area contributed by atoms with Crippen LogP contribution in [0.1, 0.15) is 19.4 Å². The van der Waals surface area contributed by atoms with Gasteiger partial charge in [0.2, 0.25) is 5.88 Å². The molecule has 0 aliphatic carbocycles. The standard InChI is InChI=1S/C15H16Cl2N2O/c1-10(2)19-9-11-5-6-18-15(7-11)20-14-8-12(16)3-4-13(14)17/h3-8,10,19H,9H2,1-2H3. The summed E-state index contributed by atoms with van der Waals surface area (Å²) in [7, 11) is 0. The summed E-state index contributed by atoms with van der Waals surface area (Å²) < 4.78 is 5.68. The number of nitrogens with one attached hydrogen (secondary N) is 1. The highest BCUT2D eigenvalue weighted by Gasteiger charge is 2.06. The van der Waals surface area contributed by atoms with Crippen LogP contribution in [0.5, 0.6) is 11.6 Å². The van der Waals surface area contributed by atoms with Crippen LogP contribution in [0.15, 0.2) is 36.5 Å². The summed E-state index contributed by atoms with van der Waals surface area (Å²) >= 11 is 12.0. The van der Waals surface area contributed by atoms with Crippen molar-refractivity contribution >= 4 is 23.2 Å². The molecule has 2 rings (SSSR count). The molecule has 0 spiro atoms. The average Bonchev–Trinajstić information content (AvgIpc) is 2.41. The monoisotopic (exact) mass is 310 g/mol. The largest absolute Gasteiger partial charge is 0.437 e. The maximum atomic E-state index is 6.06. The molecule has 0 fully saturated rings.